The molecule has 1 aromatic heterocycles. The second-order valence-electron chi connectivity index (χ2n) is 8.93. The molecule has 2 aromatic rings. The number of amides is 1. The molecule has 0 fully saturated rings. The fraction of sp³-hybridized carbons (Fsp3) is 0.500. The van der Waals surface area contributed by atoms with Gasteiger partial charge in [-0.2, -0.15) is 13.2 Å². The van der Waals surface area contributed by atoms with Crippen LogP contribution in [0.25, 0.3) is 10.2 Å². The fourth-order valence-electron chi connectivity index (χ4n) is 4.46. The smallest absolute Gasteiger partial charge is 0.336 e. The Morgan fingerprint density at radius 3 is 2.55 bits per heavy atom. The summed E-state index contributed by atoms with van der Waals surface area (Å²) in [7, 11) is 0. The van der Waals surface area contributed by atoms with Crippen LogP contribution in [-0.2, 0) is 9.59 Å². The largest absolute Gasteiger partial charge is 0.425 e. The number of benzene rings is 1. The van der Waals surface area contributed by atoms with Crippen LogP contribution in [0.4, 0.5) is 18.3 Å². The van der Waals surface area contributed by atoms with Gasteiger partial charge >= 0.3 is 6.18 Å². The molecule has 0 spiro atoms. The average molecular weight is 452 g/mol. The van der Waals surface area contributed by atoms with Crippen molar-refractivity contribution >= 4 is 38.4 Å². The number of para-hydroxylation sites is 1. The van der Waals surface area contributed by atoms with E-state index in [1.54, 1.807) is 24.3 Å². The highest BCUT2D eigenvalue weighted by atomic mass is 32.1. The summed E-state index contributed by atoms with van der Waals surface area (Å²) in [6.45, 7) is 5.73. The minimum atomic E-state index is -5.01. The predicted molar refractivity (Wildman–Crippen MR) is 114 cm³/mol. The lowest BCUT2D eigenvalue weighted by atomic mass is 9.72. The number of hydrogen-bond donors (Lipinski definition) is 1. The number of aromatic nitrogens is 1. The van der Waals surface area contributed by atoms with Crippen LogP contribution in [0.2, 0.25) is 0 Å². The lowest BCUT2D eigenvalue weighted by Gasteiger charge is -2.35. The Labute approximate surface area is 182 Å². The van der Waals surface area contributed by atoms with E-state index in [1.807, 2.05) is 20.8 Å². The average Bonchev–Trinajstić information content (AvgIpc) is 3.16. The number of nitrogens with zero attached hydrogens (tertiary/aromatic N) is 2. The first-order valence-corrected chi connectivity index (χ1v) is 11.1. The molecular weight excluding hydrogens is 427 g/mol. The molecule has 0 saturated carbocycles. The molecule has 1 N–H and O–H groups in total. The van der Waals surface area contributed by atoms with Crippen molar-refractivity contribution < 1.29 is 22.8 Å². The van der Waals surface area contributed by atoms with Crippen molar-refractivity contribution in [3.05, 3.63) is 35.5 Å². The molecule has 2 heterocycles. The van der Waals surface area contributed by atoms with E-state index in [0.29, 0.717) is 23.1 Å². The number of hydrogen-bond acceptors (Lipinski definition) is 5. The quantitative estimate of drug-likeness (QED) is 0.671. The zero-order valence-corrected chi connectivity index (χ0v) is 18.4. The molecular formula is C22H24F3N3O2S. The Balaban J connectivity index is 1.90. The minimum absolute atomic E-state index is 0.0336. The summed E-state index contributed by atoms with van der Waals surface area (Å²) in [4.78, 5) is 32.0. The van der Waals surface area contributed by atoms with Crippen molar-refractivity contribution in [1.29, 1.82) is 0 Å². The summed E-state index contributed by atoms with van der Waals surface area (Å²) >= 11 is 1.03. The van der Waals surface area contributed by atoms with Crippen LogP contribution in [-0.4, -0.2) is 39.8 Å². The number of ketones is 1. The number of unbranched alkanes of at least 4 members (excludes halogenated alkanes) is 1. The molecule has 166 valence electrons. The van der Waals surface area contributed by atoms with Gasteiger partial charge in [0.1, 0.15) is 0 Å². The number of anilines is 1. The molecule has 0 bridgehead atoms. The molecule has 1 atom stereocenters. The predicted octanol–water partition coefficient (Wildman–Crippen LogP) is 5.29. The number of alkyl halides is 3. The van der Waals surface area contributed by atoms with E-state index in [-0.39, 0.29) is 30.2 Å². The third-order valence-electron chi connectivity index (χ3n) is 5.87. The molecule has 4 rings (SSSR count). The van der Waals surface area contributed by atoms with Gasteiger partial charge < -0.3 is 10.2 Å². The number of fused-ring (bicyclic) bond motifs is 1. The summed E-state index contributed by atoms with van der Waals surface area (Å²) in [5.41, 5.74) is -3.35. The highest BCUT2D eigenvalue weighted by molar-refractivity contribution is 7.22. The van der Waals surface area contributed by atoms with Crippen molar-refractivity contribution in [3.63, 3.8) is 0 Å². The number of halogens is 3. The lowest BCUT2D eigenvalue weighted by Crippen LogP contribution is -2.61. The fourth-order valence-corrected chi connectivity index (χ4v) is 5.39. The maximum atomic E-state index is 14.7. The number of Topliss-reactive ketones (excluding diaryl/α,β-unsaturated/α-hetero) is 1. The van der Waals surface area contributed by atoms with E-state index in [4.69, 9.17) is 0 Å². The Hall–Kier alpha value is -2.42. The van der Waals surface area contributed by atoms with E-state index in [2.05, 4.69) is 10.3 Å². The highest BCUT2D eigenvalue weighted by Crippen LogP contribution is 2.53. The van der Waals surface area contributed by atoms with E-state index >= 15 is 0 Å². The molecule has 1 aliphatic heterocycles. The molecule has 1 aromatic carbocycles. The van der Waals surface area contributed by atoms with E-state index in [0.717, 1.165) is 11.3 Å². The standard InChI is InChI=1S/C22H24F3N3O2S/c1-4-5-10-28-14-11-20(2,3)12-15(29)17(14)21(18(28)30,22(23,24)25)27-19-26-13-8-6-7-9-16(13)31-19/h6-9H,4-5,10-12H2,1-3H3,(H,26,27)/t21-/m0/s1. The third kappa shape index (κ3) is 3.43. The second kappa shape index (κ2) is 7.32. The molecule has 0 radical (unpaired) electrons. The number of rotatable bonds is 5. The van der Waals surface area contributed by atoms with Crippen LogP contribution >= 0.6 is 11.3 Å². The first-order chi connectivity index (χ1) is 14.5. The Morgan fingerprint density at radius 2 is 1.90 bits per heavy atom. The zero-order valence-electron chi connectivity index (χ0n) is 17.6. The molecule has 1 aliphatic carbocycles. The molecule has 0 saturated heterocycles. The van der Waals surface area contributed by atoms with Crippen molar-refractivity contribution in [1.82, 2.24) is 9.88 Å². The molecule has 2 aliphatic rings. The van der Waals surface area contributed by atoms with Crippen molar-refractivity contribution in [3.8, 4) is 0 Å². The maximum Gasteiger partial charge on any atom is 0.425 e. The van der Waals surface area contributed by atoms with Crippen LogP contribution < -0.4 is 5.32 Å². The number of carbonyl (C=O) groups is 2. The number of thiazole rings is 1. The van der Waals surface area contributed by atoms with E-state index < -0.39 is 34.4 Å². The highest BCUT2D eigenvalue weighted by Gasteiger charge is 2.71. The summed E-state index contributed by atoms with van der Waals surface area (Å²) in [6, 6.07) is 6.96. The number of carbonyl (C=O) groups excluding carboxylic acids is 2. The van der Waals surface area contributed by atoms with Gasteiger partial charge in [-0.3, -0.25) is 9.59 Å². The molecule has 9 heteroatoms. The minimum Gasteiger partial charge on any atom is -0.336 e. The van der Waals surface area contributed by atoms with E-state index in [1.165, 1.54) is 4.90 Å². The molecule has 31 heavy (non-hydrogen) atoms. The van der Waals surface area contributed by atoms with Crippen LogP contribution in [0, 0.1) is 5.41 Å². The van der Waals surface area contributed by atoms with Gasteiger partial charge in [-0.15, -0.1) is 0 Å². The van der Waals surface area contributed by atoms with Gasteiger partial charge in [0.2, 0.25) is 5.54 Å². The van der Waals surface area contributed by atoms with Gasteiger partial charge in [0.05, 0.1) is 15.8 Å². The zero-order chi connectivity index (χ0) is 22.6. The summed E-state index contributed by atoms with van der Waals surface area (Å²) in [5.74, 6) is -1.77. The van der Waals surface area contributed by atoms with Crippen LogP contribution in [0.15, 0.2) is 35.5 Å². The van der Waals surface area contributed by atoms with Gasteiger partial charge in [-0.05, 0) is 30.4 Å². The van der Waals surface area contributed by atoms with Crippen LogP contribution in [0.1, 0.15) is 46.5 Å². The summed E-state index contributed by atoms with van der Waals surface area (Å²) < 4.78 is 44.9. The normalized spacial score (nSPS) is 23.6. The number of nitrogens with one attached hydrogen (secondary N) is 1. The Morgan fingerprint density at radius 1 is 1.19 bits per heavy atom. The molecule has 5 nitrogen and oxygen atoms in total. The summed E-state index contributed by atoms with van der Waals surface area (Å²) in [5, 5.41) is 2.38. The van der Waals surface area contributed by atoms with Gasteiger partial charge in [-0.1, -0.05) is 50.7 Å². The van der Waals surface area contributed by atoms with Crippen LogP contribution in [0.5, 0.6) is 0 Å². The molecule has 0 unspecified atom stereocenters. The Kier molecular flexibility index (Phi) is 5.15. The summed E-state index contributed by atoms with van der Waals surface area (Å²) in [6.07, 6.45) is -3.55. The first-order valence-electron chi connectivity index (χ1n) is 10.3. The van der Waals surface area contributed by atoms with Gasteiger partial charge in [0.15, 0.2) is 10.9 Å². The Bertz CT molecular complexity index is 1060. The van der Waals surface area contributed by atoms with Gasteiger partial charge in [-0.25, -0.2) is 4.98 Å². The maximum absolute atomic E-state index is 14.7. The SMILES string of the molecule is CCCCN1C(=O)[C@](Nc2nc3ccccc3s2)(C(F)(F)F)C2=C1CC(C)(C)CC2=O. The molecule has 1 amide bonds. The van der Waals surface area contributed by atoms with Gasteiger partial charge in [0, 0.05) is 18.7 Å². The van der Waals surface area contributed by atoms with Crippen LogP contribution in [0.3, 0.4) is 0 Å². The van der Waals surface area contributed by atoms with Crippen molar-refractivity contribution in [2.75, 3.05) is 11.9 Å². The van der Waals surface area contributed by atoms with E-state index in [9.17, 15) is 22.8 Å². The third-order valence-corrected chi connectivity index (χ3v) is 6.82. The van der Waals surface area contributed by atoms with Crippen molar-refractivity contribution in [2.24, 2.45) is 5.41 Å². The topological polar surface area (TPSA) is 62.3 Å². The lowest BCUT2D eigenvalue weighted by molar-refractivity contribution is -0.180. The first kappa shape index (κ1) is 21.8. The van der Waals surface area contributed by atoms with Gasteiger partial charge in [0.25, 0.3) is 5.91 Å². The monoisotopic (exact) mass is 451 g/mol. The van der Waals surface area contributed by atoms with Crippen molar-refractivity contribution in [2.45, 2.75) is 58.2 Å². The second-order valence-corrected chi connectivity index (χ2v) is 9.96. The number of allylic oxidation sites excluding steroid dienone is 1.